The van der Waals surface area contributed by atoms with Crippen LogP contribution in [0.2, 0.25) is 0 Å². The molecule has 0 heterocycles. The lowest BCUT2D eigenvalue weighted by molar-refractivity contribution is -0.114. The molecular formula is C22H23N3O3S. The Hall–Kier alpha value is -3.16. The maximum atomic E-state index is 12.4. The summed E-state index contributed by atoms with van der Waals surface area (Å²) >= 11 is 0. The van der Waals surface area contributed by atoms with E-state index in [1.165, 1.54) is 19.1 Å². The molecular weight excluding hydrogens is 386 g/mol. The second-order valence-corrected chi connectivity index (χ2v) is 8.54. The highest BCUT2D eigenvalue weighted by Gasteiger charge is 2.13. The van der Waals surface area contributed by atoms with E-state index in [0.29, 0.717) is 5.69 Å². The lowest BCUT2D eigenvalue weighted by Gasteiger charge is -2.09. The molecule has 4 N–H and O–H groups in total. The molecule has 0 saturated heterocycles. The van der Waals surface area contributed by atoms with Crippen LogP contribution in [-0.4, -0.2) is 14.3 Å². The quantitative estimate of drug-likeness (QED) is 0.521. The number of nitrogens with one attached hydrogen (secondary N) is 2. The van der Waals surface area contributed by atoms with E-state index < -0.39 is 10.0 Å². The van der Waals surface area contributed by atoms with Crippen molar-refractivity contribution in [3.8, 4) is 0 Å². The van der Waals surface area contributed by atoms with Gasteiger partial charge in [-0.3, -0.25) is 4.79 Å². The molecule has 150 valence electrons. The summed E-state index contributed by atoms with van der Waals surface area (Å²) in [5.41, 5.74) is 9.93. The minimum atomic E-state index is -3.61. The van der Waals surface area contributed by atoms with E-state index >= 15 is 0 Å². The molecule has 0 radical (unpaired) electrons. The van der Waals surface area contributed by atoms with Crippen LogP contribution in [-0.2, 0) is 27.8 Å². The van der Waals surface area contributed by atoms with Gasteiger partial charge >= 0.3 is 0 Å². The second kappa shape index (κ2) is 8.89. The number of anilines is 2. The van der Waals surface area contributed by atoms with E-state index in [0.717, 1.165) is 28.8 Å². The fourth-order valence-corrected chi connectivity index (χ4v) is 3.94. The summed E-state index contributed by atoms with van der Waals surface area (Å²) in [6.45, 7) is 1.67. The van der Waals surface area contributed by atoms with Crippen LogP contribution in [0, 0.1) is 0 Å². The number of hydrogen-bond donors (Lipinski definition) is 3. The summed E-state index contributed by atoms with van der Waals surface area (Å²) < 4.78 is 27.3. The first kappa shape index (κ1) is 20.6. The molecule has 6 nitrogen and oxygen atoms in total. The van der Waals surface area contributed by atoms with Crippen LogP contribution in [0.25, 0.3) is 0 Å². The molecule has 0 unspecified atom stereocenters. The van der Waals surface area contributed by atoms with Gasteiger partial charge < -0.3 is 11.1 Å². The molecule has 0 aliphatic carbocycles. The van der Waals surface area contributed by atoms with Crippen LogP contribution in [0.4, 0.5) is 11.4 Å². The van der Waals surface area contributed by atoms with Gasteiger partial charge in [-0.25, -0.2) is 13.1 Å². The SMILES string of the molecule is CC(=O)Nc1ccc(Cc2ccc(CNS(=O)(=O)c3cccc(N)c3)cc2)cc1. The molecule has 0 aliphatic heterocycles. The zero-order valence-electron chi connectivity index (χ0n) is 16.1. The highest BCUT2D eigenvalue weighted by atomic mass is 32.2. The first-order chi connectivity index (χ1) is 13.8. The lowest BCUT2D eigenvalue weighted by atomic mass is 10.0. The topological polar surface area (TPSA) is 101 Å². The average molecular weight is 410 g/mol. The van der Waals surface area contributed by atoms with Crippen LogP contribution >= 0.6 is 0 Å². The zero-order valence-corrected chi connectivity index (χ0v) is 16.9. The number of nitrogen functional groups attached to an aromatic ring is 1. The summed E-state index contributed by atoms with van der Waals surface area (Å²) in [5, 5.41) is 2.74. The monoisotopic (exact) mass is 409 g/mol. The molecule has 3 aromatic carbocycles. The van der Waals surface area contributed by atoms with E-state index in [1.54, 1.807) is 12.1 Å². The maximum Gasteiger partial charge on any atom is 0.240 e. The van der Waals surface area contributed by atoms with Crippen LogP contribution in [0.5, 0.6) is 0 Å². The Balaban J connectivity index is 1.59. The third-order valence-corrected chi connectivity index (χ3v) is 5.74. The van der Waals surface area contributed by atoms with E-state index in [2.05, 4.69) is 10.0 Å². The number of benzene rings is 3. The predicted molar refractivity (Wildman–Crippen MR) is 115 cm³/mol. The molecule has 0 spiro atoms. The minimum absolute atomic E-state index is 0.0975. The van der Waals surface area contributed by atoms with Crippen molar-refractivity contribution in [1.82, 2.24) is 4.72 Å². The van der Waals surface area contributed by atoms with E-state index in [9.17, 15) is 13.2 Å². The largest absolute Gasteiger partial charge is 0.399 e. The van der Waals surface area contributed by atoms with Crippen LogP contribution in [0.15, 0.2) is 77.7 Å². The Morgan fingerprint density at radius 2 is 1.48 bits per heavy atom. The first-order valence-corrected chi connectivity index (χ1v) is 10.6. The Bertz CT molecular complexity index is 1090. The van der Waals surface area contributed by atoms with Crippen molar-refractivity contribution in [2.45, 2.75) is 24.8 Å². The maximum absolute atomic E-state index is 12.4. The average Bonchev–Trinajstić information content (AvgIpc) is 2.69. The number of nitrogens with two attached hydrogens (primary N) is 1. The molecule has 0 atom stereocenters. The van der Waals surface area contributed by atoms with E-state index in [1.807, 2.05) is 48.5 Å². The van der Waals surface area contributed by atoms with Crippen LogP contribution in [0.1, 0.15) is 23.6 Å². The van der Waals surface area contributed by atoms with Crippen molar-refractivity contribution in [2.75, 3.05) is 11.1 Å². The highest BCUT2D eigenvalue weighted by Crippen LogP contribution is 2.16. The van der Waals surface area contributed by atoms with Gasteiger partial charge in [-0.05, 0) is 53.4 Å². The number of sulfonamides is 1. The van der Waals surface area contributed by atoms with Gasteiger partial charge in [0.05, 0.1) is 4.90 Å². The fraction of sp³-hybridized carbons (Fsp3) is 0.136. The van der Waals surface area contributed by atoms with Gasteiger partial charge in [0.15, 0.2) is 0 Å². The summed E-state index contributed by atoms with van der Waals surface area (Å²) in [6, 6.07) is 21.7. The van der Waals surface area contributed by atoms with Gasteiger partial charge in [-0.1, -0.05) is 42.5 Å². The molecule has 3 aromatic rings. The standard InChI is InChI=1S/C22H23N3O3S/c1-16(26)25-21-11-9-18(10-12-21)13-17-5-7-19(8-6-17)15-24-29(27,28)22-4-2-3-20(23)14-22/h2-12,14,24H,13,15,23H2,1H3,(H,25,26). The van der Waals surface area contributed by atoms with Crippen molar-refractivity contribution in [1.29, 1.82) is 0 Å². The molecule has 29 heavy (non-hydrogen) atoms. The van der Waals surface area contributed by atoms with Gasteiger partial charge in [0.25, 0.3) is 0 Å². The lowest BCUT2D eigenvalue weighted by Crippen LogP contribution is -2.23. The van der Waals surface area contributed by atoms with Crippen molar-refractivity contribution in [3.05, 3.63) is 89.5 Å². The van der Waals surface area contributed by atoms with Gasteiger partial charge in [0.2, 0.25) is 15.9 Å². The van der Waals surface area contributed by atoms with E-state index in [-0.39, 0.29) is 17.3 Å². The number of carbonyl (C=O) groups excluding carboxylic acids is 1. The summed E-state index contributed by atoms with van der Waals surface area (Å²) in [4.78, 5) is 11.2. The summed E-state index contributed by atoms with van der Waals surface area (Å²) in [7, 11) is -3.61. The molecule has 1 amide bonds. The van der Waals surface area contributed by atoms with Crippen molar-refractivity contribution in [3.63, 3.8) is 0 Å². The summed E-state index contributed by atoms with van der Waals surface area (Å²) in [6.07, 6.45) is 0.746. The third-order valence-electron chi connectivity index (χ3n) is 4.34. The molecule has 0 aliphatic rings. The zero-order chi connectivity index (χ0) is 20.9. The van der Waals surface area contributed by atoms with Crippen molar-refractivity contribution in [2.24, 2.45) is 0 Å². The third kappa shape index (κ3) is 5.91. The number of rotatable bonds is 7. The highest BCUT2D eigenvalue weighted by molar-refractivity contribution is 7.89. The van der Waals surface area contributed by atoms with Gasteiger partial charge in [0.1, 0.15) is 0 Å². The van der Waals surface area contributed by atoms with Gasteiger partial charge in [0, 0.05) is 24.8 Å². The Labute approximate surface area is 170 Å². The molecule has 3 rings (SSSR count). The Kier molecular flexibility index (Phi) is 6.31. The van der Waals surface area contributed by atoms with Crippen LogP contribution < -0.4 is 15.8 Å². The molecule has 0 saturated carbocycles. The van der Waals surface area contributed by atoms with Crippen molar-refractivity contribution >= 4 is 27.3 Å². The molecule has 7 heteroatoms. The summed E-state index contributed by atoms with van der Waals surface area (Å²) in [5.74, 6) is -0.0975. The molecule has 0 fully saturated rings. The van der Waals surface area contributed by atoms with Crippen LogP contribution in [0.3, 0.4) is 0 Å². The number of hydrogen-bond acceptors (Lipinski definition) is 4. The predicted octanol–water partition coefficient (Wildman–Crippen LogP) is 3.30. The second-order valence-electron chi connectivity index (χ2n) is 6.77. The first-order valence-electron chi connectivity index (χ1n) is 9.11. The smallest absolute Gasteiger partial charge is 0.240 e. The Morgan fingerprint density at radius 3 is 2.07 bits per heavy atom. The van der Waals surface area contributed by atoms with Crippen molar-refractivity contribution < 1.29 is 13.2 Å². The van der Waals surface area contributed by atoms with Gasteiger partial charge in [-0.2, -0.15) is 0 Å². The number of carbonyl (C=O) groups is 1. The number of amides is 1. The Morgan fingerprint density at radius 1 is 0.897 bits per heavy atom. The normalized spacial score (nSPS) is 11.2. The molecule has 0 aromatic heterocycles. The van der Waals surface area contributed by atoms with Gasteiger partial charge in [-0.15, -0.1) is 0 Å². The fourth-order valence-electron chi connectivity index (χ4n) is 2.86. The molecule has 0 bridgehead atoms. The van der Waals surface area contributed by atoms with E-state index in [4.69, 9.17) is 5.73 Å². The minimum Gasteiger partial charge on any atom is -0.399 e.